The summed E-state index contributed by atoms with van der Waals surface area (Å²) < 4.78 is 0. The number of carbonyl (C=O) groups is 3. The van der Waals surface area contributed by atoms with Crippen molar-refractivity contribution in [3.8, 4) is 0 Å². The maximum Gasteiger partial charge on any atom is 0.330 e. The molecule has 2 atom stereocenters. The van der Waals surface area contributed by atoms with Gasteiger partial charge in [0.05, 0.1) is 0 Å². The summed E-state index contributed by atoms with van der Waals surface area (Å²) in [5, 5.41) is 10.7. The predicted octanol–water partition coefficient (Wildman–Crippen LogP) is 5.24. The molecule has 0 unspecified atom stereocenters. The van der Waals surface area contributed by atoms with E-state index in [2.05, 4.69) is 0 Å². The molecule has 3 rings (SSSR count). The number of carboxylic acids is 1. The van der Waals surface area contributed by atoms with Gasteiger partial charge in [0.15, 0.2) is 0 Å². The summed E-state index contributed by atoms with van der Waals surface area (Å²) in [5.41, 5.74) is -0.274. The van der Waals surface area contributed by atoms with Crippen LogP contribution in [0.3, 0.4) is 0 Å². The van der Waals surface area contributed by atoms with Crippen molar-refractivity contribution < 1.29 is 19.5 Å². The van der Waals surface area contributed by atoms with Crippen LogP contribution < -0.4 is 0 Å². The zero-order valence-electron chi connectivity index (χ0n) is 19.9. The number of benzene rings is 2. The van der Waals surface area contributed by atoms with Crippen LogP contribution in [0.25, 0.3) is 0 Å². The normalized spacial score (nSPS) is 19.7. The molecule has 0 spiro atoms. The lowest BCUT2D eigenvalue weighted by Crippen LogP contribution is -2.64. The van der Waals surface area contributed by atoms with Crippen molar-refractivity contribution in [3.05, 3.63) is 71.8 Å². The zero-order chi connectivity index (χ0) is 24.1. The van der Waals surface area contributed by atoms with E-state index >= 15 is 0 Å². The third-order valence-corrected chi connectivity index (χ3v) is 7.32. The number of carbonyl (C=O) groups excluding carboxylic acids is 2. The first-order valence-corrected chi connectivity index (χ1v) is 11.9. The Kier molecular flexibility index (Phi) is 7.72. The highest BCUT2D eigenvalue weighted by Gasteiger charge is 2.55. The molecule has 0 radical (unpaired) electrons. The fourth-order valence-corrected chi connectivity index (χ4v) is 4.91. The van der Waals surface area contributed by atoms with Crippen molar-refractivity contribution in [1.29, 1.82) is 0 Å². The Hall–Kier alpha value is -2.95. The van der Waals surface area contributed by atoms with Gasteiger partial charge >= 0.3 is 5.97 Å². The highest BCUT2D eigenvalue weighted by atomic mass is 16.4. The topological polar surface area (TPSA) is 74.7 Å². The summed E-state index contributed by atoms with van der Waals surface area (Å²) in [6.07, 6.45) is 3.50. The van der Waals surface area contributed by atoms with E-state index in [-0.39, 0.29) is 6.54 Å². The first-order valence-electron chi connectivity index (χ1n) is 11.9. The van der Waals surface area contributed by atoms with E-state index in [1.54, 1.807) is 13.8 Å². The van der Waals surface area contributed by atoms with Crippen LogP contribution in [0.5, 0.6) is 0 Å². The number of hydrogen-bond acceptors (Lipinski definition) is 3. The Bertz CT molecular complexity index is 970. The summed E-state index contributed by atoms with van der Waals surface area (Å²) in [7, 11) is 0. The van der Waals surface area contributed by atoms with E-state index < -0.39 is 34.5 Å². The SMILES string of the molecule is CCC(C)(C)C(=O)C(=O)N1CCCC[C@@]1(C(=O)O)[C@H](CCc1ccccc1)c1ccccc1. The zero-order valence-corrected chi connectivity index (χ0v) is 19.9. The molecule has 2 aromatic carbocycles. The Morgan fingerprint density at radius 2 is 1.61 bits per heavy atom. The standard InChI is InChI=1S/C28H35NO4/c1-4-27(2,3)24(30)25(31)29-20-12-11-19-28(29,26(32)33)23(22-15-9-6-10-16-22)18-17-21-13-7-5-8-14-21/h5-10,13-16,23H,4,11-12,17-20H2,1-3H3,(H,32,33)/t23-,28+/m1/s1. The monoisotopic (exact) mass is 449 g/mol. The van der Waals surface area contributed by atoms with Crippen LogP contribution in [-0.2, 0) is 20.8 Å². The first kappa shape index (κ1) is 24.7. The van der Waals surface area contributed by atoms with E-state index in [9.17, 15) is 19.5 Å². The quantitative estimate of drug-likeness (QED) is 0.531. The molecule has 1 N–H and O–H groups in total. The third-order valence-electron chi connectivity index (χ3n) is 7.32. The Balaban J connectivity index is 2.07. The molecule has 0 aromatic heterocycles. The third kappa shape index (κ3) is 5.02. The first-order chi connectivity index (χ1) is 15.7. The number of ketones is 1. The fourth-order valence-electron chi connectivity index (χ4n) is 4.91. The number of aliphatic carboxylic acids is 1. The molecule has 5 nitrogen and oxygen atoms in total. The lowest BCUT2D eigenvalue weighted by Gasteiger charge is -2.49. The van der Waals surface area contributed by atoms with Crippen molar-refractivity contribution in [1.82, 2.24) is 4.90 Å². The van der Waals surface area contributed by atoms with Crippen LogP contribution in [-0.4, -0.2) is 39.7 Å². The predicted molar refractivity (Wildman–Crippen MR) is 129 cm³/mol. The van der Waals surface area contributed by atoms with Crippen molar-refractivity contribution in [2.24, 2.45) is 5.41 Å². The highest BCUT2D eigenvalue weighted by molar-refractivity contribution is 6.38. The Morgan fingerprint density at radius 1 is 1.00 bits per heavy atom. The molecule has 0 aliphatic carbocycles. The number of hydrogen-bond donors (Lipinski definition) is 1. The lowest BCUT2D eigenvalue weighted by molar-refractivity contribution is -0.168. The van der Waals surface area contributed by atoms with Crippen LogP contribution >= 0.6 is 0 Å². The van der Waals surface area contributed by atoms with Gasteiger partial charge in [0.1, 0.15) is 5.54 Å². The number of piperidine rings is 1. The number of likely N-dealkylation sites (tertiary alicyclic amines) is 1. The van der Waals surface area contributed by atoms with Gasteiger partial charge in [-0.15, -0.1) is 0 Å². The molecule has 176 valence electrons. The minimum Gasteiger partial charge on any atom is -0.479 e. The molecule has 1 fully saturated rings. The molecule has 0 saturated carbocycles. The van der Waals surface area contributed by atoms with Gasteiger partial charge in [0, 0.05) is 17.9 Å². The minimum atomic E-state index is -1.45. The summed E-state index contributed by atoms with van der Waals surface area (Å²) in [5.74, 6) is -2.63. The number of rotatable bonds is 9. The largest absolute Gasteiger partial charge is 0.479 e. The van der Waals surface area contributed by atoms with Gasteiger partial charge < -0.3 is 10.0 Å². The highest BCUT2D eigenvalue weighted by Crippen LogP contribution is 2.44. The van der Waals surface area contributed by atoms with Gasteiger partial charge in [0.2, 0.25) is 5.78 Å². The number of aryl methyl sites for hydroxylation is 1. The number of carboxylic acid groups (broad SMARTS) is 1. The molecular weight excluding hydrogens is 414 g/mol. The van der Waals surface area contributed by atoms with Gasteiger partial charge in [-0.25, -0.2) is 4.79 Å². The lowest BCUT2D eigenvalue weighted by atomic mass is 9.69. The summed E-state index contributed by atoms with van der Waals surface area (Å²) in [6.45, 7) is 5.66. The van der Waals surface area contributed by atoms with E-state index in [0.717, 1.165) is 11.1 Å². The van der Waals surface area contributed by atoms with E-state index in [4.69, 9.17) is 0 Å². The molecule has 1 heterocycles. The van der Waals surface area contributed by atoms with E-state index in [1.165, 1.54) is 4.90 Å². The number of Topliss-reactive ketones (excluding diaryl/α,β-unsaturated/α-hetero) is 1. The van der Waals surface area contributed by atoms with Crippen LogP contribution in [0.2, 0.25) is 0 Å². The van der Waals surface area contributed by atoms with Gasteiger partial charge in [0.25, 0.3) is 5.91 Å². The fraction of sp³-hybridized carbons (Fsp3) is 0.464. The molecule has 33 heavy (non-hydrogen) atoms. The molecule has 1 saturated heterocycles. The van der Waals surface area contributed by atoms with Gasteiger partial charge in [-0.1, -0.05) is 81.4 Å². The van der Waals surface area contributed by atoms with Crippen molar-refractivity contribution >= 4 is 17.7 Å². The second-order valence-corrected chi connectivity index (χ2v) is 9.70. The molecule has 1 aliphatic heterocycles. The van der Waals surface area contributed by atoms with Gasteiger partial charge in [-0.3, -0.25) is 9.59 Å². The molecule has 2 aromatic rings. The molecule has 0 bridgehead atoms. The smallest absolute Gasteiger partial charge is 0.330 e. The number of nitrogens with zero attached hydrogens (tertiary/aromatic N) is 1. The van der Waals surface area contributed by atoms with E-state index in [0.29, 0.717) is 38.5 Å². The van der Waals surface area contributed by atoms with Crippen LogP contribution in [0.4, 0.5) is 0 Å². The second-order valence-electron chi connectivity index (χ2n) is 9.70. The van der Waals surface area contributed by atoms with E-state index in [1.807, 2.05) is 67.6 Å². The van der Waals surface area contributed by atoms with Crippen molar-refractivity contribution in [2.75, 3.05) is 6.54 Å². The average molecular weight is 450 g/mol. The Labute approximate surface area is 196 Å². The van der Waals surface area contributed by atoms with Crippen LogP contribution in [0.15, 0.2) is 60.7 Å². The maximum atomic E-state index is 13.5. The maximum absolute atomic E-state index is 13.5. The van der Waals surface area contributed by atoms with Crippen molar-refractivity contribution in [3.63, 3.8) is 0 Å². The summed E-state index contributed by atoms with van der Waals surface area (Å²) in [6, 6.07) is 19.6. The summed E-state index contributed by atoms with van der Waals surface area (Å²) in [4.78, 5) is 41.2. The molecule has 5 heteroatoms. The average Bonchev–Trinajstić information content (AvgIpc) is 2.84. The van der Waals surface area contributed by atoms with Gasteiger partial charge in [-0.2, -0.15) is 0 Å². The van der Waals surface area contributed by atoms with Gasteiger partial charge in [-0.05, 0) is 49.7 Å². The molecule has 1 aliphatic rings. The second kappa shape index (κ2) is 10.3. The van der Waals surface area contributed by atoms with Crippen LogP contribution in [0, 0.1) is 5.41 Å². The minimum absolute atomic E-state index is 0.283. The number of amides is 1. The van der Waals surface area contributed by atoms with Crippen molar-refractivity contribution in [2.45, 2.75) is 70.8 Å². The molecular formula is C28H35NO4. The molecule has 1 amide bonds. The van der Waals surface area contributed by atoms with Crippen LogP contribution in [0.1, 0.15) is 69.9 Å². The summed E-state index contributed by atoms with van der Waals surface area (Å²) >= 11 is 0. The Morgan fingerprint density at radius 3 is 2.18 bits per heavy atom.